The SMILES string of the molecule is Clc1cc(Cl)c(OCCNC(C2CC2)C2CC2)c(Cl)c1. The van der Waals surface area contributed by atoms with Crippen LogP contribution in [-0.4, -0.2) is 19.2 Å². The fourth-order valence-corrected chi connectivity index (χ4v) is 3.60. The summed E-state index contributed by atoms with van der Waals surface area (Å²) >= 11 is 18.0. The largest absolute Gasteiger partial charge is 0.489 e. The Morgan fingerprint density at radius 3 is 2.10 bits per heavy atom. The van der Waals surface area contributed by atoms with Crippen molar-refractivity contribution in [2.75, 3.05) is 13.2 Å². The van der Waals surface area contributed by atoms with Crippen molar-refractivity contribution in [1.29, 1.82) is 0 Å². The molecule has 0 aromatic heterocycles. The van der Waals surface area contributed by atoms with Crippen LogP contribution in [0, 0.1) is 11.8 Å². The molecule has 5 heteroatoms. The Labute approximate surface area is 134 Å². The molecule has 20 heavy (non-hydrogen) atoms. The third-order valence-corrected chi connectivity index (χ3v) is 4.73. The van der Waals surface area contributed by atoms with E-state index < -0.39 is 0 Å². The average Bonchev–Trinajstić information content (AvgIpc) is 3.25. The number of benzene rings is 1. The molecule has 3 rings (SSSR count). The lowest BCUT2D eigenvalue weighted by atomic mass is 10.1. The highest BCUT2D eigenvalue weighted by atomic mass is 35.5. The van der Waals surface area contributed by atoms with E-state index in [4.69, 9.17) is 39.5 Å². The number of nitrogens with one attached hydrogen (secondary N) is 1. The highest BCUT2D eigenvalue weighted by molar-refractivity contribution is 6.40. The maximum absolute atomic E-state index is 6.08. The molecule has 0 unspecified atom stereocenters. The van der Waals surface area contributed by atoms with Gasteiger partial charge in [-0.05, 0) is 49.7 Å². The molecule has 0 saturated heterocycles. The average molecular weight is 335 g/mol. The van der Waals surface area contributed by atoms with Crippen LogP contribution in [0.5, 0.6) is 5.75 Å². The molecule has 0 radical (unpaired) electrons. The number of hydrogen-bond acceptors (Lipinski definition) is 2. The third kappa shape index (κ3) is 3.73. The fourth-order valence-electron chi connectivity index (χ4n) is 2.67. The smallest absolute Gasteiger partial charge is 0.156 e. The molecule has 0 bridgehead atoms. The lowest BCUT2D eigenvalue weighted by Crippen LogP contribution is -2.36. The van der Waals surface area contributed by atoms with E-state index in [9.17, 15) is 0 Å². The molecular weight excluding hydrogens is 317 g/mol. The third-order valence-electron chi connectivity index (χ3n) is 3.95. The van der Waals surface area contributed by atoms with Gasteiger partial charge in [0.25, 0.3) is 0 Å². The van der Waals surface area contributed by atoms with Crippen LogP contribution in [0.1, 0.15) is 25.7 Å². The van der Waals surface area contributed by atoms with Crippen molar-refractivity contribution in [2.45, 2.75) is 31.7 Å². The van der Waals surface area contributed by atoms with Crippen LogP contribution in [0.3, 0.4) is 0 Å². The highest BCUT2D eigenvalue weighted by Gasteiger charge is 2.40. The van der Waals surface area contributed by atoms with Gasteiger partial charge in [-0.3, -0.25) is 0 Å². The van der Waals surface area contributed by atoms with Crippen LogP contribution in [0.15, 0.2) is 12.1 Å². The summed E-state index contributed by atoms with van der Waals surface area (Å²) in [5, 5.41) is 5.07. The first-order valence-corrected chi connectivity index (χ1v) is 8.29. The van der Waals surface area contributed by atoms with Crippen LogP contribution in [0.25, 0.3) is 0 Å². The molecule has 2 fully saturated rings. The van der Waals surface area contributed by atoms with E-state index in [1.807, 2.05) is 0 Å². The van der Waals surface area contributed by atoms with E-state index in [-0.39, 0.29) is 0 Å². The summed E-state index contributed by atoms with van der Waals surface area (Å²) in [6.07, 6.45) is 5.52. The van der Waals surface area contributed by atoms with Crippen LogP contribution < -0.4 is 10.1 Å². The number of rotatable bonds is 7. The van der Waals surface area contributed by atoms with E-state index in [1.165, 1.54) is 25.7 Å². The van der Waals surface area contributed by atoms with Crippen molar-refractivity contribution in [3.8, 4) is 5.75 Å². The second kappa shape index (κ2) is 6.31. The molecular formula is C15H18Cl3NO. The van der Waals surface area contributed by atoms with Crippen molar-refractivity contribution in [3.05, 3.63) is 27.2 Å². The zero-order valence-corrected chi connectivity index (χ0v) is 13.4. The quantitative estimate of drug-likeness (QED) is 0.723. The van der Waals surface area contributed by atoms with Crippen LogP contribution in [0.4, 0.5) is 0 Å². The zero-order chi connectivity index (χ0) is 14.1. The van der Waals surface area contributed by atoms with Gasteiger partial charge >= 0.3 is 0 Å². The van der Waals surface area contributed by atoms with Crippen LogP contribution in [0.2, 0.25) is 15.1 Å². The second-order valence-corrected chi connectivity index (χ2v) is 6.95. The summed E-state index contributed by atoms with van der Waals surface area (Å²) in [6, 6.07) is 3.99. The van der Waals surface area contributed by atoms with Crippen molar-refractivity contribution < 1.29 is 4.74 Å². The molecule has 110 valence electrons. The van der Waals surface area contributed by atoms with Gasteiger partial charge in [-0.2, -0.15) is 0 Å². The maximum Gasteiger partial charge on any atom is 0.156 e. The molecule has 2 nitrogen and oxygen atoms in total. The van der Waals surface area contributed by atoms with Gasteiger partial charge in [-0.1, -0.05) is 34.8 Å². The summed E-state index contributed by atoms with van der Waals surface area (Å²) in [7, 11) is 0. The predicted molar refractivity (Wildman–Crippen MR) is 84.2 cm³/mol. The Morgan fingerprint density at radius 1 is 1.05 bits per heavy atom. The number of hydrogen-bond donors (Lipinski definition) is 1. The summed E-state index contributed by atoms with van der Waals surface area (Å²) in [6.45, 7) is 1.39. The van der Waals surface area contributed by atoms with Gasteiger partial charge in [0, 0.05) is 17.6 Å². The molecule has 1 aromatic rings. The van der Waals surface area contributed by atoms with Gasteiger partial charge in [0.05, 0.1) is 10.0 Å². The first-order chi connectivity index (χ1) is 9.65. The highest BCUT2D eigenvalue weighted by Crippen LogP contribution is 2.44. The van der Waals surface area contributed by atoms with Gasteiger partial charge in [0.2, 0.25) is 0 Å². The molecule has 2 aliphatic rings. The maximum atomic E-state index is 6.08. The normalized spacial score (nSPS) is 18.6. The summed E-state index contributed by atoms with van der Waals surface area (Å²) in [4.78, 5) is 0. The van der Waals surface area contributed by atoms with E-state index >= 15 is 0 Å². The standard InChI is InChI=1S/C15H18Cl3NO/c16-11-7-12(17)15(13(18)8-11)20-6-5-19-14(9-1-2-9)10-3-4-10/h7-10,14,19H,1-6H2. The van der Waals surface area contributed by atoms with Crippen molar-refractivity contribution >= 4 is 34.8 Å². The molecule has 1 N–H and O–H groups in total. The van der Waals surface area contributed by atoms with Crippen molar-refractivity contribution in [1.82, 2.24) is 5.32 Å². The van der Waals surface area contributed by atoms with Gasteiger partial charge in [0.1, 0.15) is 6.61 Å². The Balaban J connectivity index is 1.47. The van der Waals surface area contributed by atoms with Crippen LogP contribution in [-0.2, 0) is 0 Å². The molecule has 0 amide bonds. The lowest BCUT2D eigenvalue weighted by Gasteiger charge is -2.18. The van der Waals surface area contributed by atoms with Gasteiger partial charge < -0.3 is 10.1 Å². The minimum atomic E-state index is 0.462. The molecule has 0 atom stereocenters. The monoisotopic (exact) mass is 333 g/mol. The summed E-state index contributed by atoms with van der Waals surface area (Å²) in [5.41, 5.74) is 0. The van der Waals surface area contributed by atoms with Gasteiger partial charge in [-0.15, -0.1) is 0 Å². The van der Waals surface area contributed by atoms with E-state index in [0.717, 1.165) is 18.4 Å². The second-order valence-electron chi connectivity index (χ2n) is 5.70. The lowest BCUT2D eigenvalue weighted by molar-refractivity contribution is 0.294. The van der Waals surface area contributed by atoms with Crippen molar-refractivity contribution in [3.63, 3.8) is 0 Å². The minimum absolute atomic E-state index is 0.462. The van der Waals surface area contributed by atoms with E-state index in [1.54, 1.807) is 12.1 Å². The molecule has 0 spiro atoms. The molecule has 2 saturated carbocycles. The number of halogens is 3. The Kier molecular flexibility index (Phi) is 4.66. The van der Waals surface area contributed by atoms with Crippen molar-refractivity contribution in [2.24, 2.45) is 11.8 Å². The Hall–Kier alpha value is -0.150. The Morgan fingerprint density at radius 2 is 1.60 bits per heavy atom. The first kappa shape index (κ1) is 14.8. The summed E-state index contributed by atoms with van der Waals surface area (Å²) < 4.78 is 5.69. The fraction of sp³-hybridized carbons (Fsp3) is 0.600. The van der Waals surface area contributed by atoms with Gasteiger partial charge in [0.15, 0.2) is 5.75 Å². The topological polar surface area (TPSA) is 21.3 Å². The number of ether oxygens (including phenoxy) is 1. The zero-order valence-electron chi connectivity index (χ0n) is 11.2. The van der Waals surface area contributed by atoms with Gasteiger partial charge in [-0.25, -0.2) is 0 Å². The minimum Gasteiger partial charge on any atom is -0.489 e. The Bertz CT molecular complexity index is 451. The van der Waals surface area contributed by atoms with E-state index in [0.29, 0.717) is 33.5 Å². The van der Waals surface area contributed by atoms with Crippen LogP contribution >= 0.6 is 34.8 Å². The molecule has 2 aliphatic carbocycles. The molecule has 1 aromatic carbocycles. The summed E-state index contributed by atoms with van der Waals surface area (Å²) in [5.74, 6) is 2.31. The first-order valence-electron chi connectivity index (χ1n) is 7.16. The van der Waals surface area contributed by atoms with E-state index in [2.05, 4.69) is 5.32 Å². The predicted octanol–water partition coefficient (Wildman–Crippen LogP) is 4.80. The molecule has 0 aliphatic heterocycles. The molecule has 0 heterocycles.